The Morgan fingerprint density at radius 3 is 2.53 bits per heavy atom. The van der Waals surface area contributed by atoms with Crippen molar-refractivity contribution in [2.75, 3.05) is 6.54 Å². The number of rotatable bonds is 6. The molecule has 0 aromatic heterocycles. The Hall–Kier alpha value is -2.49. The van der Waals surface area contributed by atoms with E-state index < -0.39 is 27.6 Å². The molecule has 0 spiro atoms. The molecule has 162 valence electrons. The average Bonchev–Trinajstić information content (AvgIpc) is 2.66. The van der Waals surface area contributed by atoms with Gasteiger partial charge in [0.2, 0.25) is 10.0 Å². The number of hydrogen-bond donors (Lipinski definition) is 2. The molecule has 2 aromatic carbocycles. The third kappa shape index (κ3) is 4.48. The van der Waals surface area contributed by atoms with Gasteiger partial charge in [-0.2, -0.15) is 4.31 Å². The van der Waals surface area contributed by atoms with Crippen molar-refractivity contribution in [1.29, 1.82) is 0 Å². The molecule has 0 bridgehead atoms. The molecule has 9 heteroatoms. The molecule has 1 aliphatic rings. The molecular weight excluding hydrogens is 413 g/mol. The Balaban J connectivity index is 1.78. The van der Waals surface area contributed by atoms with Crippen LogP contribution in [0.15, 0.2) is 47.4 Å². The minimum atomic E-state index is -4.13. The first kappa shape index (κ1) is 22.2. The fourth-order valence-electron chi connectivity index (χ4n) is 3.64. The van der Waals surface area contributed by atoms with Gasteiger partial charge in [0.15, 0.2) is 6.04 Å². The lowest BCUT2D eigenvalue weighted by Gasteiger charge is -2.41. The number of aliphatic carboxylic acids is 1. The molecule has 0 aliphatic carbocycles. The van der Waals surface area contributed by atoms with Gasteiger partial charge in [-0.3, -0.25) is 4.79 Å². The minimum Gasteiger partial charge on any atom is -0.489 e. The van der Waals surface area contributed by atoms with Crippen molar-refractivity contribution in [3.63, 3.8) is 0 Å². The SMILES string of the molecule is Cc1cc(F)ccc1COc1ccc(S(=O)(=O)N2CCCC(C)(O)C2C(=O)O)cc1. The van der Waals surface area contributed by atoms with E-state index in [4.69, 9.17) is 4.74 Å². The van der Waals surface area contributed by atoms with E-state index in [0.717, 1.165) is 15.4 Å². The summed E-state index contributed by atoms with van der Waals surface area (Å²) >= 11 is 0. The highest BCUT2D eigenvalue weighted by Crippen LogP contribution is 2.32. The molecule has 0 radical (unpaired) electrons. The van der Waals surface area contributed by atoms with Crippen molar-refractivity contribution in [1.82, 2.24) is 4.31 Å². The number of benzene rings is 2. The number of carboxylic acid groups (broad SMARTS) is 1. The van der Waals surface area contributed by atoms with Gasteiger partial charge in [0.05, 0.1) is 10.5 Å². The monoisotopic (exact) mass is 437 g/mol. The van der Waals surface area contributed by atoms with Crippen LogP contribution in [0.1, 0.15) is 30.9 Å². The fourth-order valence-corrected chi connectivity index (χ4v) is 5.36. The molecule has 7 nitrogen and oxygen atoms in total. The molecule has 2 N–H and O–H groups in total. The lowest BCUT2D eigenvalue weighted by atomic mass is 9.88. The molecule has 1 aliphatic heterocycles. The van der Waals surface area contributed by atoms with Gasteiger partial charge >= 0.3 is 5.97 Å². The molecule has 2 aromatic rings. The van der Waals surface area contributed by atoms with Crippen molar-refractivity contribution in [3.8, 4) is 5.75 Å². The minimum absolute atomic E-state index is 0.0115. The summed E-state index contributed by atoms with van der Waals surface area (Å²) in [6.07, 6.45) is 0.555. The normalized spacial score (nSPS) is 22.6. The van der Waals surface area contributed by atoms with Crippen molar-refractivity contribution in [2.45, 2.75) is 49.8 Å². The number of nitrogens with zero attached hydrogens (tertiary/aromatic N) is 1. The number of hydrogen-bond acceptors (Lipinski definition) is 5. The smallest absolute Gasteiger partial charge is 0.325 e. The molecule has 1 heterocycles. The number of aliphatic hydroxyl groups is 1. The van der Waals surface area contributed by atoms with E-state index in [1.54, 1.807) is 13.0 Å². The zero-order chi connectivity index (χ0) is 22.1. The van der Waals surface area contributed by atoms with Crippen LogP contribution in [0.25, 0.3) is 0 Å². The molecule has 2 atom stereocenters. The topological polar surface area (TPSA) is 104 Å². The van der Waals surface area contributed by atoms with Gasteiger partial charge in [-0.1, -0.05) is 6.07 Å². The van der Waals surface area contributed by atoms with E-state index in [-0.39, 0.29) is 30.3 Å². The van der Waals surface area contributed by atoms with Crippen molar-refractivity contribution in [3.05, 3.63) is 59.4 Å². The van der Waals surface area contributed by atoms with E-state index in [9.17, 15) is 27.8 Å². The van der Waals surface area contributed by atoms with Crippen LogP contribution in [-0.4, -0.2) is 47.1 Å². The van der Waals surface area contributed by atoms with Crippen LogP contribution >= 0.6 is 0 Å². The summed E-state index contributed by atoms with van der Waals surface area (Å²) in [7, 11) is -4.13. The van der Waals surface area contributed by atoms with Crippen LogP contribution in [0.2, 0.25) is 0 Å². The van der Waals surface area contributed by atoms with Crippen molar-refractivity contribution < 1.29 is 32.6 Å². The first-order chi connectivity index (χ1) is 14.0. The largest absolute Gasteiger partial charge is 0.489 e. The summed E-state index contributed by atoms with van der Waals surface area (Å²) in [6.45, 7) is 3.30. The van der Waals surface area contributed by atoms with Gasteiger partial charge in [-0.25, -0.2) is 12.8 Å². The Morgan fingerprint density at radius 1 is 1.27 bits per heavy atom. The third-order valence-electron chi connectivity index (χ3n) is 5.30. The van der Waals surface area contributed by atoms with Crippen LogP contribution < -0.4 is 4.74 Å². The molecule has 0 saturated carbocycles. The van der Waals surface area contributed by atoms with Crippen LogP contribution in [0, 0.1) is 12.7 Å². The zero-order valence-corrected chi connectivity index (χ0v) is 17.5. The number of ether oxygens (including phenoxy) is 1. The second-order valence-electron chi connectivity index (χ2n) is 7.65. The average molecular weight is 437 g/mol. The zero-order valence-electron chi connectivity index (χ0n) is 16.7. The molecule has 1 saturated heterocycles. The van der Waals surface area contributed by atoms with Gasteiger partial charge in [-0.05, 0) is 74.2 Å². The van der Waals surface area contributed by atoms with E-state index in [0.29, 0.717) is 12.2 Å². The maximum absolute atomic E-state index is 13.2. The lowest BCUT2D eigenvalue weighted by molar-refractivity contribution is -0.153. The molecule has 30 heavy (non-hydrogen) atoms. The van der Waals surface area contributed by atoms with Gasteiger partial charge < -0.3 is 14.9 Å². The molecular formula is C21H24FNO6S. The number of carbonyl (C=O) groups is 1. The van der Waals surface area contributed by atoms with Crippen LogP contribution in [-0.2, 0) is 21.4 Å². The molecule has 1 fully saturated rings. The first-order valence-electron chi connectivity index (χ1n) is 9.47. The third-order valence-corrected chi connectivity index (χ3v) is 7.18. The second kappa shape index (κ2) is 8.33. The highest BCUT2D eigenvalue weighted by atomic mass is 32.2. The van der Waals surface area contributed by atoms with Crippen molar-refractivity contribution >= 4 is 16.0 Å². The quantitative estimate of drug-likeness (QED) is 0.720. The number of aryl methyl sites for hydroxylation is 1. The molecule has 2 unspecified atom stereocenters. The predicted molar refractivity (Wildman–Crippen MR) is 107 cm³/mol. The summed E-state index contributed by atoms with van der Waals surface area (Å²) in [5.41, 5.74) is -0.119. The van der Waals surface area contributed by atoms with Crippen molar-refractivity contribution in [2.24, 2.45) is 0 Å². The van der Waals surface area contributed by atoms with Gasteiger partial charge in [-0.15, -0.1) is 0 Å². The Morgan fingerprint density at radius 2 is 1.93 bits per heavy atom. The van der Waals surface area contributed by atoms with E-state index >= 15 is 0 Å². The first-order valence-corrected chi connectivity index (χ1v) is 10.9. The number of halogens is 1. The highest BCUT2D eigenvalue weighted by Gasteiger charge is 2.49. The summed E-state index contributed by atoms with van der Waals surface area (Å²) in [4.78, 5) is 11.6. The van der Waals surface area contributed by atoms with E-state index in [1.165, 1.54) is 43.3 Å². The van der Waals surface area contributed by atoms with Gasteiger partial charge in [0, 0.05) is 6.54 Å². The maximum Gasteiger partial charge on any atom is 0.325 e. The maximum atomic E-state index is 13.2. The predicted octanol–water partition coefficient (Wildman–Crippen LogP) is 2.70. The Kier molecular flexibility index (Phi) is 6.16. The lowest BCUT2D eigenvalue weighted by Crippen LogP contribution is -2.60. The van der Waals surface area contributed by atoms with Crippen LogP contribution in [0.3, 0.4) is 0 Å². The summed E-state index contributed by atoms with van der Waals surface area (Å²) < 4.78 is 45.8. The standard InChI is InChI=1S/C21H24FNO6S/c1-14-12-16(22)5-4-15(14)13-29-17-6-8-18(9-7-17)30(27,28)23-11-3-10-21(2,26)19(23)20(24)25/h4-9,12,19,26H,3,10-11,13H2,1-2H3,(H,24,25). The summed E-state index contributed by atoms with van der Waals surface area (Å²) in [5.74, 6) is -1.31. The van der Waals surface area contributed by atoms with E-state index in [2.05, 4.69) is 0 Å². The number of sulfonamides is 1. The molecule has 3 rings (SSSR count). The fraction of sp³-hybridized carbons (Fsp3) is 0.381. The molecule has 0 amide bonds. The van der Waals surface area contributed by atoms with Crippen LogP contribution in [0.4, 0.5) is 4.39 Å². The second-order valence-corrected chi connectivity index (χ2v) is 9.54. The van der Waals surface area contributed by atoms with Crippen LogP contribution in [0.5, 0.6) is 5.75 Å². The summed E-state index contributed by atoms with van der Waals surface area (Å²) in [6, 6.07) is 8.43. The Labute approximate surface area is 174 Å². The van der Waals surface area contributed by atoms with Gasteiger partial charge in [0.25, 0.3) is 0 Å². The van der Waals surface area contributed by atoms with Gasteiger partial charge in [0.1, 0.15) is 18.2 Å². The summed E-state index contributed by atoms with van der Waals surface area (Å²) in [5, 5.41) is 19.9. The number of piperidine rings is 1. The number of carboxylic acids is 1. The Bertz CT molecular complexity index is 1040. The highest BCUT2D eigenvalue weighted by molar-refractivity contribution is 7.89. The van der Waals surface area contributed by atoms with E-state index in [1.807, 2.05) is 0 Å².